The van der Waals surface area contributed by atoms with E-state index in [1.165, 1.54) is 13.8 Å². The molecule has 1 unspecified atom stereocenters. The van der Waals surface area contributed by atoms with Crippen LogP contribution in [0.4, 0.5) is 0 Å². The molecule has 0 saturated carbocycles. The Morgan fingerprint density at radius 3 is 2.23 bits per heavy atom. The molecule has 1 amide bonds. The molecular weight excluding hydrogens is 394 g/mol. The number of aliphatic carboxylic acids is 1. The first-order chi connectivity index (χ1) is 14.7. The molecule has 0 bridgehead atoms. The second kappa shape index (κ2) is 9.08. The maximum absolute atomic E-state index is 12.8. The summed E-state index contributed by atoms with van der Waals surface area (Å²) >= 11 is 0. The van der Waals surface area contributed by atoms with E-state index in [0.29, 0.717) is 23.6 Å². The summed E-state index contributed by atoms with van der Waals surface area (Å²) in [5.74, 6) is -0.161. The molecule has 162 valence electrons. The summed E-state index contributed by atoms with van der Waals surface area (Å²) in [7, 11) is 1.55. The number of carboxylic acid groups (broad SMARTS) is 1. The van der Waals surface area contributed by atoms with Gasteiger partial charge >= 0.3 is 5.97 Å². The van der Waals surface area contributed by atoms with Crippen molar-refractivity contribution in [2.24, 2.45) is 0 Å². The summed E-state index contributed by atoms with van der Waals surface area (Å²) in [5.41, 5.74) is 0.194. The Kier molecular flexibility index (Phi) is 6.49. The van der Waals surface area contributed by atoms with Crippen LogP contribution in [0.5, 0.6) is 11.5 Å². The van der Waals surface area contributed by atoms with E-state index < -0.39 is 11.6 Å². The van der Waals surface area contributed by atoms with Gasteiger partial charge in [0.25, 0.3) is 5.91 Å². The number of fused-ring (bicyclic) bond motifs is 1. The van der Waals surface area contributed by atoms with Crippen LogP contribution < -0.4 is 14.8 Å². The SMILES string of the molecule is COc1cc2ccccc2cc1C(=O)NCC(C)c1ccc(OC(C)(C)C(=O)O)cc1. The monoisotopic (exact) mass is 421 g/mol. The summed E-state index contributed by atoms with van der Waals surface area (Å²) in [4.78, 5) is 24.0. The van der Waals surface area contributed by atoms with Crippen molar-refractivity contribution in [2.45, 2.75) is 32.3 Å². The van der Waals surface area contributed by atoms with Crippen molar-refractivity contribution in [3.63, 3.8) is 0 Å². The molecular formula is C25H27NO5. The molecule has 6 heteroatoms. The third-order valence-corrected chi connectivity index (χ3v) is 5.22. The number of nitrogens with one attached hydrogen (secondary N) is 1. The summed E-state index contributed by atoms with van der Waals surface area (Å²) < 4.78 is 11.0. The van der Waals surface area contributed by atoms with E-state index in [0.717, 1.165) is 16.3 Å². The number of carbonyl (C=O) groups is 2. The minimum Gasteiger partial charge on any atom is -0.496 e. The van der Waals surface area contributed by atoms with Crippen LogP contribution in [0.15, 0.2) is 60.7 Å². The van der Waals surface area contributed by atoms with Gasteiger partial charge in [0, 0.05) is 6.54 Å². The Morgan fingerprint density at radius 2 is 1.65 bits per heavy atom. The van der Waals surface area contributed by atoms with Crippen LogP contribution in [-0.2, 0) is 4.79 Å². The molecule has 6 nitrogen and oxygen atoms in total. The van der Waals surface area contributed by atoms with Crippen LogP contribution in [0.1, 0.15) is 42.6 Å². The van der Waals surface area contributed by atoms with Crippen LogP contribution >= 0.6 is 0 Å². The van der Waals surface area contributed by atoms with E-state index in [-0.39, 0.29) is 11.8 Å². The zero-order chi connectivity index (χ0) is 22.6. The van der Waals surface area contributed by atoms with Crippen LogP contribution in [0.25, 0.3) is 10.8 Å². The van der Waals surface area contributed by atoms with E-state index in [2.05, 4.69) is 5.32 Å². The van der Waals surface area contributed by atoms with Crippen LogP contribution in [0.2, 0.25) is 0 Å². The van der Waals surface area contributed by atoms with Gasteiger partial charge in [0.15, 0.2) is 5.60 Å². The summed E-state index contributed by atoms with van der Waals surface area (Å²) in [6, 6.07) is 18.8. The van der Waals surface area contributed by atoms with Crippen molar-refractivity contribution in [1.82, 2.24) is 5.32 Å². The average molecular weight is 421 g/mol. The number of amides is 1. The molecule has 0 radical (unpaired) electrons. The van der Waals surface area contributed by atoms with E-state index in [1.54, 1.807) is 19.2 Å². The highest BCUT2D eigenvalue weighted by molar-refractivity contribution is 6.01. The minimum atomic E-state index is -1.31. The molecule has 0 aliphatic heterocycles. The lowest BCUT2D eigenvalue weighted by molar-refractivity contribution is -0.152. The van der Waals surface area contributed by atoms with Gasteiger partial charge in [-0.25, -0.2) is 4.79 Å². The fourth-order valence-electron chi connectivity index (χ4n) is 3.23. The Balaban J connectivity index is 1.66. The second-order valence-corrected chi connectivity index (χ2v) is 8.00. The maximum atomic E-state index is 12.8. The maximum Gasteiger partial charge on any atom is 0.347 e. The van der Waals surface area contributed by atoms with Gasteiger partial charge < -0.3 is 19.9 Å². The highest BCUT2D eigenvalue weighted by atomic mass is 16.5. The average Bonchev–Trinajstić information content (AvgIpc) is 2.76. The van der Waals surface area contributed by atoms with Crippen LogP contribution in [0, 0.1) is 0 Å². The first kappa shape index (κ1) is 22.2. The topological polar surface area (TPSA) is 84.9 Å². The van der Waals surface area contributed by atoms with Gasteiger partial charge in [-0.05, 0) is 60.4 Å². The highest BCUT2D eigenvalue weighted by Crippen LogP contribution is 2.26. The van der Waals surface area contributed by atoms with Crippen molar-refractivity contribution in [3.05, 3.63) is 71.8 Å². The predicted octanol–water partition coefficient (Wildman–Crippen LogP) is 4.62. The van der Waals surface area contributed by atoms with E-state index in [4.69, 9.17) is 9.47 Å². The molecule has 3 rings (SSSR count). The molecule has 0 heterocycles. The highest BCUT2D eigenvalue weighted by Gasteiger charge is 2.29. The Bertz CT molecular complexity index is 1090. The van der Waals surface area contributed by atoms with E-state index in [1.807, 2.05) is 55.5 Å². The zero-order valence-electron chi connectivity index (χ0n) is 18.1. The molecule has 0 aliphatic rings. The van der Waals surface area contributed by atoms with Gasteiger partial charge in [0.05, 0.1) is 12.7 Å². The van der Waals surface area contributed by atoms with Gasteiger partial charge in [-0.2, -0.15) is 0 Å². The Hall–Kier alpha value is -3.54. The smallest absolute Gasteiger partial charge is 0.347 e. The molecule has 0 spiro atoms. The minimum absolute atomic E-state index is 0.0527. The molecule has 0 aliphatic carbocycles. The van der Waals surface area contributed by atoms with Gasteiger partial charge in [-0.1, -0.05) is 43.3 Å². The van der Waals surface area contributed by atoms with Crippen molar-refractivity contribution < 1.29 is 24.2 Å². The zero-order valence-corrected chi connectivity index (χ0v) is 18.1. The predicted molar refractivity (Wildman–Crippen MR) is 120 cm³/mol. The molecule has 0 saturated heterocycles. The largest absolute Gasteiger partial charge is 0.496 e. The lowest BCUT2D eigenvalue weighted by Crippen LogP contribution is -2.37. The Morgan fingerprint density at radius 1 is 1.03 bits per heavy atom. The number of hydrogen-bond donors (Lipinski definition) is 2. The fraction of sp³-hybridized carbons (Fsp3) is 0.280. The Labute approximate surface area is 181 Å². The molecule has 31 heavy (non-hydrogen) atoms. The third kappa shape index (κ3) is 5.15. The normalized spacial score (nSPS) is 12.3. The molecule has 2 N–H and O–H groups in total. The number of benzene rings is 3. The summed E-state index contributed by atoms with van der Waals surface area (Å²) in [6.07, 6.45) is 0. The van der Waals surface area contributed by atoms with E-state index in [9.17, 15) is 14.7 Å². The number of hydrogen-bond acceptors (Lipinski definition) is 4. The summed E-state index contributed by atoms with van der Waals surface area (Å²) in [5, 5.41) is 14.1. The summed E-state index contributed by atoms with van der Waals surface area (Å²) in [6.45, 7) is 5.45. The lowest BCUT2D eigenvalue weighted by Gasteiger charge is -2.22. The van der Waals surface area contributed by atoms with Crippen molar-refractivity contribution >= 4 is 22.6 Å². The molecule has 0 fully saturated rings. The van der Waals surface area contributed by atoms with Crippen molar-refractivity contribution in [3.8, 4) is 11.5 Å². The van der Waals surface area contributed by atoms with Crippen LogP contribution in [0.3, 0.4) is 0 Å². The number of carboxylic acids is 1. The molecule has 1 atom stereocenters. The molecule has 3 aromatic carbocycles. The van der Waals surface area contributed by atoms with Gasteiger partial charge in [-0.3, -0.25) is 4.79 Å². The van der Waals surface area contributed by atoms with Crippen molar-refractivity contribution in [2.75, 3.05) is 13.7 Å². The van der Waals surface area contributed by atoms with Gasteiger partial charge in [0.2, 0.25) is 0 Å². The third-order valence-electron chi connectivity index (χ3n) is 5.22. The van der Waals surface area contributed by atoms with Gasteiger partial charge in [0.1, 0.15) is 11.5 Å². The number of carbonyl (C=O) groups excluding carboxylic acids is 1. The van der Waals surface area contributed by atoms with Crippen molar-refractivity contribution in [1.29, 1.82) is 0 Å². The van der Waals surface area contributed by atoms with Gasteiger partial charge in [-0.15, -0.1) is 0 Å². The molecule has 3 aromatic rings. The van der Waals surface area contributed by atoms with Crippen LogP contribution in [-0.4, -0.2) is 36.2 Å². The number of ether oxygens (including phenoxy) is 2. The quantitative estimate of drug-likeness (QED) is 0.554. The molecule has 0 aromatic heterocycles. The van der Waals surface area contributed by atoms with E-state index >= 15 is 0 Å². The number of rotatable bonds is 8. The first-order valence-electron chi connectivity index (χ1n) is 10.1. The fourth-order valence-corrected chi connectivity index (χ4v) is 3.23. The standard InChI is InChI=1S/C25H27NO5/c1-16(17-9-11-20(12-10-17)31-25(2,3)24(28)29)15-26-23(27)21-13-18-7-5-6-8-19(18)14-22(21)30-4/h5-14,16H,15H2,1-4H3,(H,26,27)(H,28,29). The lowest BCUT2D eigenvalue weighted by atomic mass is 10.0. The number of methoxy groups -OCH3 is 1. The second-order valence-electron chi connectivity index (χ2n) is 8.00. The first-order valence-corrected chi connectivity index (χ1v) is 10.1.